The fraction of sp³-hybridized carbons (Fsp3) is 0.556. The topological polar surface area (TPSA) is 58.4 Å². The Morgan fingerprint density at radius 2 is 2.36 bits per heavy atom. The zero-order valence-corrected chi connectivity index (χ0v) is 8.64. The van der Waals surface area contributed by atoms with Crippen LogP contribution >= 0.6 is 0 Å². The van der Waals surface area contributed by atoms with E-state index in [1.165, 1.54) is 0 Å². The molecule has 0 amide bonds. The van der Waals surface area contributed by atoms with Crippen molar-refractivity contribution in [1.29, 1.82) is 0 Å². The Kier molecular flexibility index (Phi) is 3.24. The molecule has 0 aliphatic carbocycles. The molecule has 1 atom stereocenters. The van der Waals surface area contributed by atoms with Crippen LogP contribution in [0.2, 0.25) is 0 Å². The van der Waals surface area contributed by atoms with Crippen molar-refractivity contribution in [1.82, 2.24) is 14.7 Å². The first-order chi connectivity index (χ1) is 6.52. The van der Waals surface area contributed by atoms with E-state index in [0.29, 0.717) is 0 Å². The van der Waals surface area contributed by atoms with Gasteiger partial charge in [0, 0.05) is 13.2 Å². The lowest BCUT2D eigenvalue weighted by Crippen LogP contribution is -2.24. The van der Waals surface area contributed by atoms with Gasteiger partial charge in [0.15, 0.2) is 0 Å². The zero-order valence-electron chi connectivity index (χ0n) is 8.64. The standard InChI is InChI=1S/C9H15N3O2/c1-11(2)8(6-9(13)14)7-4-5-10-12(7)3/h4-5,8H,6H2,1-3H3,(H,13,14). The van der Waals surface area contributed by atoms with Gasteiger partial charge in [0.25, 0.3) is 0 Å². The van der Waals surface area contributed by atoms with E-state index in [2.05, 4.69) is 5.10 Å². The maximum atomic E-state index is 10.7. The van der Waals surface area contributed by atoms with Gasteiger partial charge in [0.2, 0.25) is 0 Å². The normalized spacial score (nSPS) is 13.1. The number of aromatic nitrogens is 2. The summed E-state index contributed by atoms with van der Waals surface area (Å²) < 4.78 is 1.70. The van der Waals surface area contributed by atoms with Crippen LogP contribution in [-0.2, 0) is 11.8 Å². The van der Waals surface area contributed by atoms with Gasteiger partial charge in [0.1, 0.15) is 0 Å². The molecular formula is C9H15N3O2. The number of nitrogens with zero attached hydrogens (tertiary/aromatic N) is 3. The summed E-state index contributed by atoms with van der Waals surface area (Å²) in [6.45, 7) is 0. The summed E-state index contributed by atoms with van der Waals surface area (Å²) in [4.78, 5) is 12.5. The van der Waals surface area contributed by atoms with Gasteiger partial charge in [-0.3, -0.25) is 9.48 Å². The maximum absolute atomic E-state index is 10.7. The quantitative estimate of drug-likeness (QED) is 0.763. The molecule has 5 heteroatoms. The molecule has 78 valence electrons. The van der Waals surface area contributed by atoms with Crippen LogP contribution in [0.4, 0.5) is 0 Å². The van der Waals surface area contributed by atoms with Gasteiger partial charge < -0.3 is 10.0 Å². The molecule has 0 aliphatic rings. The van der Waals surface area contributed by atoms with E-state index in [-0.39, 0.29) is 12.5 Å². The van der Waals surface area contributed by atoms with Crippen molar-refractivity contribution < 1.29 is 9.90 Å². The number of aryl methyl sites for hydroxylation is 1. The first-order valence-corrected chi connectivity index (χ1v) is 4.38. The highest BCUT2D eigenvalue weighted by Crippen LogP contribution is 2.20. The van der Waals surface area contributed by atoms with Crippen molar-refractivity contribution in [3.63, 3.8) is 0 Å². The van der Waals surface area contributed by atoms with Crippen LogP contribution in [0.5, 0.6) is 0 Å². The number of carboxylic acids is 1. The molecule has 0 aliphatic heterocycles. The number of rotatable bonds is 4. The molecule has 0 saturated heterocycles. The molecule has 1 heterocycles. The summed E-state index contributed by atoms with van der Waals surface area (Å²) in [5.41, 5.74) is 0.914. The highest BCUT2D eigenvalue weighted by Gasteiger charge is 2.20. The summed E-state index contributed by atoms with van der Waals surface area (Å²) in [6.07, 6.45) is 1.76. The van der Waals surface area contributed by atoms with Crippen LogP contribution in [0.15, 0.2) is 12.3 Å². The molecule has 0 spiro atoms. The lowest BCUT2D eigenvalue weighted by Gasteiger charge is -2.22. The molecule has 1 aromatic rings. The summed E-state index contributed by atoms with van der Waals surface area (Å²) >= 11 is 0. The van der Waals surface area contributed by atoms with Crippen LogP contribution in [0.1, 0.15) is 18.2 Å². The van der Waals surface area contributed by atoms with E-state index in [1.54, 1.807) is 10.9 Å². The second-order valence-electron chi connectivity index (χ2n) is 3.46. The van der Waals surface area contributed by atoms with Crippen molar-refractivity contribution in [2.24, 2.45) is 7.05 Å². The summed E-state index contributed by atoms with van der Waals surface area (Å²) in [6, 6.07) is 1.72. The molecule has 0 radical (unpaired) electrons. The van der Waals surface area contributed by atoms with Crippen LogP contribution in [-0.4, -0.2) is 39.9 Å². The number of carbonyl (C=O) groups is 1. The van der Waals surface area contributed by atoms with Crippen LogP contribution < -0.4 is 0 Å². The fourth-order valence-corrected chi connectivity index (χ4v) is 1.43. The van der Waals surface area contributed by atoms with E-state index in [0.717, 1.165) is 5.69 Å². The van der Waals surface area contributed by atoms with Gasteiger partial charge in [-0.25, -0.2) is 0 Å². The number of aliphatic carboxylic acids is 1. The summed E-state index contributed by atoms with van der Waals surface area (Å²) in [7, 11) is 5.54. The van der Waals surface area contributed by atoms with Crippen molar-refractivity contribution >= 4 is 5.97 Å². The molecule has 1 unspecified atom stereocenters. The SMILES string of the molecule is CN(C)C(CC(=O)O)c1ccnn1C. The molecule has 0 saturated carbocycles. The summed E-state index contributed by atoms with van der Waals surface area (Å²) in [5, 5.41) is 12.8. The average molecular weight is 197 g/mol. The van der Waals surface area contributed by atoms with E-state index in [9.17, 15) is 4.79 Å². The Balaban J connectivity index is 2.88. The fourth-order valence-electron chi connectivity index (χ4n) is 1.43. The predicted octanol–water partition coefficient (Wildman–Crippen LogP) is 0.497. The molecular weight excluding hydrogens is 182 g/mol. The third-order valence-corrected chi connectivity index (χ3v) is 2.19. The van der Waals surface area contributed by atoms with E-state index in [4.69, 9.17) is 5.11 Å². The first kappa shape index (κ1) is 10.7. The molecule has 14 heavy (non-hydrogen) atoms. The van der Waals surface area contributed by atoms with Gasteiger partial charge in [-0.1, -0.05) is 0 Å². The van der Waals surface area contributed by atoms with Crippen LogP contribution in [0.3, 0.4) is 0 Å². The van der Waals surface area contributed by atoms with Gasteiger partial charge in [-0.05, 0) is 20.2 Å². The molecule has 0 fully saturated rings. The third-order valence-electron chi connectivity index (χ3n) is 2.19. The molecule has 1 N–H and O–H groups in total. The second-order valence-corrected chi connectivity index (χ2v) is 3.46. The highest BCUT2D eigenvalue weighted by atomic mass is 16.4. The third kappa shape index (κ3) is 2.32. The average Bonchev–Trinajstić information content (AvgIpc) is 2.46. The van der Waals surface area contributed by atoms with Crippen molar-refractivity contribution in [3.05, 3.63) is 18.0 Å². The monoisotopic (exact) mass is 197 g/mol. The van der Waals surface area contributed by atoms with Crippen LogP contribution in [0.25, 0.3) is 0 Å². The Morgan fingerprint density at radius 1 is 1.71 bits per heavy atom. The predicted molar refractivity (Wildman–Crippen MR) is 51.9 cm³/mol. The van der Waals surface area contributed by atoms with Gasteiger partial charge >= 0.3 is 5.97 Å². The Morgan fingerprint density at radius 3 is 2.71 bits per heavy atom. The number of hydrogen-bond acceptors (Lipinski definition) is 3. The minimum absolute atomic E-state index is 0.0898. The number of carboxylic acid groups (broad SMARTS) is 1. The van der Waals surface area contributed by atoms with E-state index >= 15 is 0 Å². The second kappa shape index (κ2) is 4.23. The van der Waals surface area contributed by atoms with Gasteiger partial charge in [0.05, 0.1) is 18.2 Å². The Bertz CT molecular complexity index is 320. The minimum atomic E-state index is -0.801. The van der Waals surface area contributed by atoms with E-state index in [1.807, 2.05) is 32.1 Å². The molecule has 5 nitrogen and oxygen atoms in total. The molecule has 0 bridgehead atoms. The molecule has 1 aromatic heterocycles. The first-order valence-electron chi connectivity index (χ1n) is 4.38. The van der Waals surface area contributed by atoms with E-state index < -0.39 is 5.97 Å². The van der Waals surface area contributed by atoms with Gasteiger partial charge in [-0.2, -0.15) is 5.10 Å². The summed E-state index contributed by atoms with van der Waals surface area (Å²) in [5.74, 6) is -0.801. The van der Waals surface area contributed by atoms with Crippen molar-refractivity contribution in [3.8, 4) is 0 Å². The Labute approximate surface area is 82.9 Å². The van der Waals surface area contributed by atoms with Crippen molar-refractivity contribution in [2.45, 2.75) is 12.5 Å². The van der Waals surface area contributed by atoms with Crippen LogP contribution in [0, 0.1) is 0 Å². The number of hydrogen-bond donors (Lipinski definition) is 1. The smallest absolute Gasteiger partial charge is 0.305 e. The Hall–Kier alpha value is -1.36. The van der Waals surface area contributed by atoms with Crippen molar-refractivity contribution in [2.75, 3.05) is 14.1 Å². The lowest BCUT2D eigenvalue weighted by molar-refractivity contribution is -0.138. The highest BCUT2D eigenvalue weighted by molar-refractivity contribution is 5.67. The van der Waals surface area contributed by atoms with Gasteiger partial charge in [-0.15, -0.1) is 0 Å². The molecule has 0 aromatic carbocycles. The molecule has 1 rings (SSSR count). The maximum Gasteiger partial charge on any atom is 0.305 e. The zero-order chi connectivity index (χ0) is 10.7. The largest absolute Gasteiger partial charge is 0.481 e. The minimum Gasteiger partial charge on any atom is -0.481 e. The lowest BCUT2D eigenvalue weighted by atomic mass is 10.1.